The maximum atomic E-state index is 11.9. The first-order valence-electron chi connectivity index (χ1n) is 5.66. The van der Waals surface area contributed by atoms with Crippen LogP contribution in [0.25, 0.3) is 0 Å². The summed E-state index contributed by atoms with van der Waals surface area (Å²) in [5.74, 6) is -0.366. The van der Waals surface area contributed by atoms with E-state index in [-0.39, 0.29) is 0 Å². The van der Waals surface area contributed by atoms with Crippen LogP contribution in [0.15, 0.2) is 24.3 Å². The van der Waals surface area contributed by atoms with E-state index in [1.807, 2.05) is 0 Å². The van der Waals surface area contributed by atoms with Gasteiger partial charge in [-0.2, -0.15) is 13.2 Å². The molecule has 0 saturated carbocycles. The molecule has 0 heterocycles. The second kappa shape index (κ2) is 6.98. The van der Waals surface area contributed by atoms with Crippen molar-refractivity contribution in [2.45, 2.75) is 12.6 Å². The highest BCUT2D eigenvalue weighted by molar-refractivity contribution is 5.77. The van der Waals surface area contributed by atoms with Crippen molar-refractivity contribution in [1.29, 1.82) is 0 Å². The molecule has 1 aromatic rings. The number of ether oxygens (including phenoxy) is 1. The van der Waals surface area contributed by atoms with E-state index in [4.69, 9.17) is 10.5 Å². The average molecular weight is 276 g/mol. The van der Waals surface area contributed by atoms with Crippen molar-refractivity contribution in [3.05, 3.63) is 29.8 Å². The molecule has 0 unspecified atom stereocenters. The molecule has 0 aliphatic heterocycles. The number of amides is 1. The third-order valence-corrected chi connectivity index (χ3v) is 2.23. The summed E-state index contributed by atoms with van der Waals surface area (Å²) in [6.07, 6.45) is -3.85. The van der Waals surface area contributed by atoms with Crippen molar-refractivity contribution in [3.63, 3.8) is 0 Å². The molecule has 0 aromatic heterocycles. The van der Waals surface area contributed by atoms with Gasteiger partial charge in [0.05, 0.1) is 0 Å². The second-order valence-electron chi connectivity index (χ2n) is 3.83. The lowest BCUT2D eigenvalue weighted by atomic mass is 10.1. The Bertz CT molecular complexity index is 422. The third-order valence-electron chi connectivity index (χ3n) is 2.23. The number of rotatable bonds is 6. The van der Waals surface area contributed by atoms with Crippen molar-refractivity contribution in [1.82, 2.24) is 5.32 Å². The molecule has 0 bridgehead atoms. The van der Waals surface area contributed by atoms with Crippen LogP contribution in [0.3, 0.4) is 0 Å². The predicted molar refractivity (Wildman–Crippen MR) is 63.8 cm³/mol. The molecule has 0 aliphatic rings. The average Bonchev–Trinajstić information content (AvgIpc) is 2.35. The van der Waals surface area contributed by atoms with Gasteiger partial charge in [0.25, 0.3) is 5.91 Å². The van der Waals surface area contributed by atoms with Gasteiger partial charge in [-0.15, -0.1) is 0 Å². The number of hydrogen-bond acceptors (Lipinski definition) is 3. The molecule has 0 aliphatic carbocycles. The largest absolute Gasteiger partial charge is 0.483 e. The zero-order valence-electron chi connectivity index (χ0n) is 10.2. The fourth-order valence-corrected chi connectivity index (χ4v) is 1.40. The number of hydrogen-bond donors (Lipinski definition) is 2. The zero-order chi connectivity index (χ0) is 14.3. The lowest BCUT2D eigenvalue weighted by Gasteiger charge is -2.11. The third kappa shape index (κ3) is 6.10. The molecule has 0 saturated heterocycles. The molecule has 1 amide bonds. The van der Waals surface area contributed by atoms with E-state index in [2.05, 4.69) is 0 Å². The molecule has 19 heavy (non-hydrogen) atoms. The summed E-state index contributed by atoms with van der Waals surface area (Å²) in [7, 11) is 0. The van der Waals surface area contributed by atoms with Crippen molar-refractivity contribution >= 4 is 5.91 Å². The maximum absolute atomic E-state index is 11.9. The van der Waals surface area contributed by atoms with Gasteiger partial charge in [0, 0.05) is 0 Å². The summed E-state index contributed by atoms with van der Waals surface area (Å²) in [6, 6.07) is 6.93. The number of carbonyl (C=O) groups excluding carboxylic acids is 1. The number of halogens is 3. The Hall–Kier alpha value is -1.76. The summed E-state index contributed by atoms with van der Waals surface area (Å²) in [4.78, 5) is 11.2. The van der Waals surface area contributed by atoms with Crippen LogP contribution >= 0.6 is 0 Å². The Kier molecular flexibility index (Phi) is 5.62. The summed E-state index contributed by atoms with van der Waals surface area (Å²) < 4.78 is 40.8. The van der Waals surface area contributed by atoms with E-state index >= 15 is 0 Å². The Morgan fingerprint density at radius 3 is 2.63 bits per heavy atom. The van der Waals surface area contributed by atoms with Crippen molar-refractivity contribution in [2.24, 2.45) is 5.73 Å². The molecule has 106 valence electrons. The fourth-order valence-electron chi connectivity index (χ4n) is 1.40. The molecular formula is C12H15F3N2O2. The highest BCUT2D eigenvalue weighted by Crippen LogP contribution is 2.18. The molecular weight excluding hydrogens is 261 g/mol. The van der Waals surface area contributed by atoms with Crippen LogP contribution in [0.1, 0.15) is 5.56 Å². The first-order chi connectivity index (χ1) is 8.92. The fraction of sp³-hybridized carbons (Fsp3) is 0.417. The summed E-state index contributed by atoms with van der Waals surface area (Å²) in [6.45, 7) is -1.40. The Balaban J connectivity index is 2.46. The number of nitrogens with one attached hydrogen (secondary N) is 1. The number of carbonyl (C=O) groups is 1. The van der Waals surface area contributed by atoms with Gasteiger partial charge < -0.3 is 15.8 Å². The van der Waals surface area contributed by atoms with Gasteiger partial charge in [0.15, 0.2) is 6.61 Å². The maximum Gasteiger partial charge on any atom is 0.405 e. The van der Waals surface area contributed by atoms with E-state index in [9.17, 15) is 18.0 Å². The lowest BCUT2D eigenvalue weighted by molar-refractivity contribution is -0.139. The standard InChI is InChI=1S/C12H15F3N2O2/c13-12(14,15)8-17-11(18)7-19-10-4-2-1-3-9(10)5-6-16/h1-4H,5-8,16H2,(H,17,18). The van der Waals surface area contributed by atoms with Crippen LogP contribution in [0, 0.1) is 0 Å². The van der Waals surface area contributed by atoms with Crippen LogP contribution in [-0.4, -0.2) is 31.8 Å². The summed E-state index contributed by atoms with van der Waals surface area (Å²) in [5, 5.41) is 1.73. The minimum atomic E-state index is -4.42. The van der Waals surface area contributed by atoms with Gasteiger partial charge in [0.1, 0.15) is 12.3 Å². The van der Waals surface area contributed by atoms with Crippen LogP contribution in [0.2, 0.25) is 0 Å². The lowest BCUT2D eigenvalue weighted by Crippen LogP contribution is -2.36. The summed E-state index contributed by atoms with van der Waals surface area (Å²) in [5.41, 5.74) is 6.23. The Labute approximate surface area is 108 Å². The molecule has 1 aromatic carbocycles. The quantitative estimate of drug-likeness (QED) is 0.821. The van der Waals surface area contributed by atoms with Crippen LogP contribution in [-0.2, 0) is 11.2 Å². The Morgan fingerprint density at radius 1 is 1.32 bits per heavy atom. The van der Waals surface area contributed by atoms with Crippen molar-refractivity contribution < 1.29 is 22.7 Å². The highest BCUT2D eigenvalue weighted by Gasteiger charge is 2.27. The van der Waals surface area contributed by atoms with Crippen LogP contribution < -0.4 is 15.8 Å². The van der Waals surface area contributed by atoms with Crippen LogP contribution in [0.5, 0.6) is 5.75 Å². The zero-order valence-corrected chi connectivity index (χ0v) is 10.2. The second-order valence-corrected chi connectivity index (χ2v) is 3.83. The molecule has 4 nitrogen and oxygen atoms in total. The van der Waals surface area contributed by atoms with E-state index in [1.54, 1.807) is 29.6 Å². The van der Waals surface area contributed by atoms with Gasteiger partial charge in [-0.3, -0.25) is 4.79 Å². The number of alkyl halides is 3. The number of benzene rings is 1. The van der Waals surface area contributed by atoms with E-state index in [0.717, 1.165) is 5.56 Å². The van der Waals surface area contributed by atoms with Crippen molar-refractivity contribution in [3.8, 4) is 5.75 Å². The van der Waals surface area contributed by atoms with E-state index in [0.29, 0.717) is 18.7 Å². The minimum absolute atomic E-state index is 0.417. The summed E-state index contributed by atoms with van der Waals surface area (Å²) >= 11 is 0. The topological polar surface area (TPSA) is 64.3 Å². The number of nitrogens with two attached hydrogens (primary N) is 1. The molecule has 0 fully saturated rings. The predicted octanol–water partition coefficient (Wildman–Crippen LogP) is 1.25. The van der Waals surface area contributed by atoms with Gasteiger partial charge in [0.2, 0.25) is 0 Å². The molecule has 3 N–H and O–H groups in total. The smallest absolute Gasteiger partial charge is 0.405 e. The molecule has 0 atom stereocenters. The van der Waals surface area contributed by atoms with Crippen LogP contribution in [0.4, 0.5) is 13.2 Å². The number of para-hydroxylation sites is 1. The highest BCUT2D eigenvalue weighted by atomic mass is 19.4. The SMILES string of the molecule is NCCc1ccccc1OCC(=O)NCC(F)(F)F. The normalized spacial score (nSPS) is 11.2. The van der Waals surface area contributed by atoms with Gasteiger partial charge in [-0.25, -0.2) is 0 Å². The molecule has 1 rings (SSSR count). The minimum Gasteiger partial charge on any atom is -0.483 e. The van der Waals surface area contributed by atoms with Gasteiger partial charge in [-0.05, 0) is 24.6 Å². The van der Waals surface area contributed by atoms with E-state index < -0.39 is 25.2 Å². The molecule has 0 spiro atoms. The van der Waals surface area contributed by atoms with E-state index in [1.165, 1.54) is 0 Å². The molecule has 7 heteroatoms. The monoisotopic (exact) mass is 276 g/mol. The first kappa shape index (κ1) is 15.3. The molecule has 0 radical (unpaired) electrons. The first-order valence-corrected chi connectivity index (χ1v) is 5.66. The van der Waals surface area contributed by atoms with Crippen molar-refractivity contribution in [2.75, 3.05) is 19.7 Å². The van der Waals surface area contributed by atoms with Gasteiger partial charge >= 0.3 is 6.18 Å². The van der Waals surface area contributed by atoms with Gasteiger partial charge in [-0.1, -0.05) is 18.2 Å². The Morgan fingerprint density at radius 2 is 2.00 bits per heavy atom.